The van der Waals surface area contributed by atoms with Crippen LogP contribution in [-0.4, -0.2) is 35.8 Å². The summed E-state index contributed by atoms with van der Waals surface area (Å²) in [6.45, 7) is 2.33. The predicted octanol–water partition coefficient (Wildman–Crippen LogP) is 3.81. The van der Waals surface area contributed by atoms with Crippen molar-refractivity contribution in [2.75, 3.05) is 6.54 Å². The number of nitrogens with zero attached hydrogens (tertiary/aromatic N) is 1. The van der Waals surface area contributed by atoms with Gasteiger partial charge in [0.1, 0.15) is 0 Å². The van der Waals surface area contributed by atoms with Gasteiger partial charge < -0.3 is 5.11 Å². The van der Waals surface area contributed by atoms with Crippen LogP contribution in [0, 0.1) is 11.8 Å². The van der Waals surface area contributed by atoms with Crippen LogP contribution in [0.1, 0.15) is 46.0 Å². The fourth-order valence-corrected chi connectivity index (χ4v) is 2.76. The molecule has 0 amide bonds. The Kier molecular flexibility index (Phi) is 6.97. The monoisotopic (exact) mass is 333 g/mol. The number of carbonyl (C=O) groups excluding carboxylic acids is 1. The number of Topliss-reactive ketones (excluding diaryl/α,β-unsaturated/α-hetero) is 1. The van der Waals surface area contributed by atoms with Gasteiger partial charge in [0.25, 0.3) is 0 Å². The number of carboxylic acid groups (broad SMARTS) is 1. The summed E-state index contributed by atoms with van der Waals surface area (Å²) in [5, 5.41) is 8.75. The van der Waals surface area contributed by atoms with E-state index in [2.05, 4.69) is 4.99 Å². The fraction of sp³-hybridized carbons (Fsp3) is 0.688. The maximum absolute atomic E-state index is 12.7. The van der Waals surface area contributed by atoms with Crippen molar-refractivity contribution in [3.63, 3.8) is 0 Å². The normalized spacial score (nSPS) is 23.7. The lowest BCUT2D eigenvalue weighted by molar-refractivity contribution is -0.138. The standard InChI is InChI=1S/C16H22F3NO3/c1-10(16(17,18)19)14(11(2)21)9-20-8-13-5-3-12(4-6-13)7-15(22)23/h9,12-13H,3-8H2,1-2H3,(H,22,23)/b14-10-,20-9-. The molecule has 0 aromatic carbocycles. The average molecular weight is 333 g/mol. The number of carbonyl (C=O) groups is 2. The average Bonchev–Trinajstić information content (AvgIpc) is 2.42. The summed E-state index contributed by atoms with van der Waals surface area (Å²) in [5.74, 6) is -1.05. The summed E-state index contributed by atoms with van der Waals surface area (Å²) >= 11 is 0. The van der Waals surface area contributed by atoms with Gasteiger partial charge in [-0.25, -0.2) is 0 Å². The van der Waals surface area contributed by atoms with Gasteiger partial charge in [0.05, 0.1) is 0 Å². The lowest BCUT2D eigenvalue weighted by Crippen LogP contribution is -2.19. The number of hydrogen-bond acceptors (Lipinski definition) is 3. The molecule has 1 N–H and O–H groups in total. The van der Waals surface area contributed by atoms with E-state index in [0.717, 1.165) is 45.7 Å². The van der Waals surface area contributed by atoms with E-state index in [0.29, 0.717) is 6.54 Å². The molecular weight excluding hydrogens is 311 g/mol. The second kappa shape index (κ2) is 8.26. The van der Waals surface area contributed by atoms with Gasteiger partial charge in [-0.3, -0.25) is 14.6 Å². The summed E-state index contributed by atoms with van der Waals surface area (Å²) in [7, 11) is 0. The zero-order chi connectivity index (χ0) is 17.6. The van der Waals surface area contributed by atoms with E-state index < -0.39 is 29.1 Å². The Bertz CT molecular complexity index is 501. The van der Waals surface area contributed by atoms with Crippen molar-refractivity contribution in [2.24, 2.45) is 16.8 Å². The zero-order valence-electron chi connectivity index (χ0n) is 13.3. The number of aliphatic imine (C=N–C) groups is 1. The fourth-order valence-electron chi connectivity index (χ4n) is 2.76. The second-order valence-corrected chi connectivity index (χ2v) is 6.07. The van der Waals surface area contributed by atoms with Crippen LogP contribution in [0.2, 0.25) is 0 Å². The van der Waals surface area contributed by atoms with E-state index in [4.69, 9.17) is 5.11 Å². The number of allylic oxidation sites excluding steroid dienone is 2. The van der Waals surface area contributed by atoms with Gasteiger partial charge in [-0.05, 0) is 51.4 Å². The Morgan fingerprint density at radius 2 is 1.65 bits per heavy atom. The largest absolute Gasteiger partial charge is 0.481 e. The number of carboxylic acids is 1. The molecule has 130 valence electrons. The third-order valence-electron chi connectivity index (χ3n) is 4.22. The first-order chi connectivity index (χ1) is 10.6. The number of aliphatic carboxylic acids is 1. The van der Waals surface area contributed by atoms with Crippen molar-refractivity contribution >= 4 is 18.0 Å². The van der Waals surface area contributed by atoms with Gasteiger partial charge in [0, 0.05) is 30.3 Å². The van der Waals surface area contributed by atoms with Crippen LogP contribution < -0.4 is 0 Å². The summed E-state index contributed by atoms with van der Waals surface area (Å²) < 4.78 is 38.0. The molecule has 0 atom stereocenters. The molecule has 0 bridgehead atoms. The molecule has 0 saturated heterocycles. The molecule has 1 saturated carbocycles. The van der Waals surface area contributed by atoms with Gasteiger partial charge >= 0.3 is 12.1 Å². The molecule has 1 aliphatic carbocycles. The van der Waals surface area contributed by atoms with Crippen LogP contribution in [0.5, 0.6) is 0 Å². The van der Waals surface area contributed by atoms with E-state index in [-0.39, 0.29) is 18.3 Å². The topological polar surface area (TPSA) is 66.7 Å². The third-order valence-corrected chi connectivity index (χ3v) is 4.22. The van der Waals surface area contributed by atoms with Gasteiger partial charge in [0.15, 0.2) is 5.78 Å². The first kappa shape index (κ1) is 19.4. The van der Waals surface area contributed by atoms with E-state index >= 15 is 0 Å². The Morgan fingerprint density at radius 3 is 2.09 bits per heavy atom. The van der Waals surface area contributed by atoms with Gasteiger partial charge in [-0.2, -0.15) is 13.2 Å². The molecule has 4 nitrogen and oxygen atoms in total. The van der Waals surface area contributed by atoms with Crippen molar-refractivity contribution in [1.82, 2.24) is 0 Å². The van der Waals surface area contributed by atoms with Crippen LogP contribution in [-0.2, 0) is 9.59 Å². The minimum Gasteiger partial charge on any atom is -0.481 e. The number of hydrogen-bond donors (Lipinski definition) is 1. The SMILES string of the molecule is CC(=O)C(/C=N\CC1CCC(CC(=O)O)CC1)=C(/C)C(F)(F)F. The molecule has 7 heteroatoms. The molecule has 1 rings (SSSR count). The predicted molar refractivity (Wildman–Crippen MR) is 80.5 cm³/mol. The summed E-state index contributed by atoms with van der Waals surface area (Å²) in [4.78, 5) is 26.0. The van der Waals surface area contributed by atoms with E-state index in [9.17, 15) is 22.8 Å². The molecule has 0 unspecified atom stereocenters. The lowest BCUT2D eigenvalue weighted by atomic mass is 9.80. The van der Waals surface area contributed by atoms with Gasteiger partial charge in [-0.1, -0.05) is 0 Å². The third kappa shape index (κ3) is 6.54. The van der Waals surface area contributed by atoms with Crippen molar-refractivity contribution in [2.45, 2.75) is 52.1 Å². The number of rotatable bonds is 6. The van der Waals surface area contributed by atoms with E-state index in [1.807, 2.05) is 0 Å². The van der Waals surface area contributed by atoms with Gasteiger partial charge in [0.2, 0.25) is 0 Å². The van der Waals surface area contributed by atoms with Crippen LogP contribution in [0.4, 0.5) is 13.2 Å². The Labute approximate surface area is 133 Å². The summed E-state index contributed by atoms with van der Waals surface area (Å²) in [6.07, 6.45) is -0.138. The molecule has 0 spiro atoms. The Hall–Kier alpha value is -1.66. The Balaban J connectivity index is 2.58. The molecule has 1 aliphatic rings. The Morgan fingerprint density at radius 1 is 1.13 bits per heavy atom. The quantitative estimate of drug-likeness (QED) is 0.594. The lowest BCUT2D eigenvalue weighted by Gasteiger charge is -2.26. The molecule has 23 heavy (non-hydrogen) atoms. The number of ketones is 1. The highest BCUT2D eigenvalue weighted by Crippen LogP contribution is 2.31. The van der Waals surface area contributed by atoms with Crippen molar-refractivity contribution in [3.05, 3.63) is 11.1 Å². The van der Waals surface area contributed by atoms with Crippen LogP contribution in [0.25, 0.3) is 0 Å². The van der Waals surface area contributed by atoms with Crippen molar-refractivity contribution in [3.8, 4) is 0 Å². The molecule has 0 aromatic heterocycles. The molecule has 0 aliphatic heterocycles. The highest BCUT2D eigenvalue weighted by Gasteiger charge is 2.33. The van der Waals surface area contributed by atoms with Crippen LogP contribution >= 0.6 is 0 Å². The molecular formula is C16H22F3NO3. The summed E-state index contributed by atoms with van der Waals surface area (Å²) in [5.41, 5.74) is -1.34. The zero-order valence-corrected chi connectivity index (χ0v) is 13.3. The van der Waals surface area contributed by atoms with Crippen molar-refractivity contribution < 1.29 is 27.9 Å². The second-order valence-electron chi connectivity index (χ2n) is 6.07. The maximum Gasteiger partial charge on any atom is 0.413 e. The molecule has 0 heterocycles. The molecule has 1 fully saturated rings. The van der Waals surface area contributed by atoms with E-state index in [1.54, 1.807) is 0 Å². The molecule has 0 radical (unpaired) electrons. The van der Waals surface area contributed by atoms with Gasteiger partial charge in [-0.15, -0.1) is 0 Å². The minimum atomic E-state index is -4.54. The highest BCUT2D eigenvalue weighted by atomic mass is 19.4. The minimum absolute atomic E-state index is 0.165. The number of halogens is 3. The first-order valence-electron chi connectivity index (χ1n) is 7.61. The van der Waals surface area contributed by atoms with Crippen LogP contribution in [0.3, 0.4) is 0 Å². The summed E-state index contributed by atoms with van der Waals surface area (Å²) in [6, 6.07) is 0. The highest BCUT2D eigenvalue weighted by molar-refractivity contribution is 6.12. The maximum atomic E-state index is 12.7. The van der Waals surface area contributed by atoms with Crippen LogP contribution in [0.15, 0.2) is 16.1 Å². The first-order valence-corrected chi connectivity index (χ1v) is 7.61. The van der Waals surface area contributed by atoms with E-state index in [1.165, 1.54) is 0 Å². The molecule has 0 aromatic rings. The van der Waals surface area contributed by atoms with Crippen molar-refractivity contribution in [1.29, 1.82) is 0 Å². The smallest absolute Gasteiger partial charge is 0.413 e. The number of alkyl halides is 3.